The van der Waals surface area contributed by atoms with Gasteiger partial charge < -0.3 is 4.74 Å². The van der Waals surface area contributed by atoms with Crippen molar-refractivity contribution in [2.45, 2.75) is 33.0 Å². The van der Waals surface area contributed by atoms with Gasteiger partial charge in [-0.05, 0) is 44.5 Å². The van der Waals surface area contributed by atoms with E-state index in [1.165, 1.54) is 0 Å². The van der Waals surface area contributed by atoms with E-state index in [1.54, 1.807) is 12.1 Å². The van der Waals surface area contributed by atoms with Crippen LogP contribution in [0.5, 0.6) is 0 Å². The summed E-state index contributed by atoms with van der Waals surface area (Å²) in [5.74, 6) is 0. The molecule has 0 bridgehead atoms. The van der Waals surface area contributed by atoms with Crippen molar-refractivity contribution in [3.05, 3.63) is 33.8 Å². The van der Waals surface area contributed by atoms with Crippen molar-refractivity contribution in [3.8, 4) is 0 Å². The summed E-state index contributed by atoms with van der Waals surface area (Å²) in [6.07, 6.45) is 0. The zero-order valence-corrected chi connectivity index (χ0v) is 10.1. The van der Waals surface area contributed by atoms with Gasteiger partial charge in [0.1, 0.15) is 0 Å². The summed E-state index contributed by atoms with van der Waals surface area (Å²) in [5, 5.41) is 1.38. The van der Waals surface area contributed by atoms with Crippen LogP contribution in [0.3, 0.4) is 0 Å². The highest BCUT2D eigenvalue weighted by Gasteiger charge is 2.11. The first-order valence-corrected chi connectivity index (χ1v) is 5.22. The quantitative estimate of drug-likeness (QED) is 0.739. The Hall–Kier alpha value is -0.240. The lowest BCUT2D eigenvalue weighted by molar-refractivity contribution is -0.0149. The van der Waals surface area contributed by atoms with Crippen LogP contribution in [-0.2, 0) is 11.3 Å². The molecular formula is C11H14Cl2O. The molecule has 0 aliphatic rings. The zero-order valence-electron chi connectivity index (χ0n) is 8.60. The number of rotatable bonds is 2. The van der Waals surface area contributed by atoms with Crippen LogP contribution in [0.2, 0.25) is 10.0 Å². The van der Waals surface area contributed by atoms with Gasteiger partial charge in [0.05, 0.1) is 12.2 Å². The molecule has 1 nitrogen and oxygen atoms in total. The second-order valence-corrected chi connectivity index (χ2v) is 4.98. The van der Waals surface area contributed by atoms with Crippen molar-refractivity contribution >= 4 is 23.2 Å². The predicted molar refractivity (Wildman–Crippen MR) is 61.0 cm³/mol. The summed E-state index contributed by atoms with van der Waals surface area (Å²) in [5.41, 5.74) is 0.764. The van der Waals surface area contributed by atoms with Crippen LogP contribution in [0.25, 0.3) is 0 Å². The van der Waals surface area contributed by atoms with Gasteiger partial charge >= 0.3 is 0 Å². The molecule has 0 saturated carbocycles. The molecule has 0 saturated heterocycles. The molecule has 0 aromatic heterocycles. The third kappa shape index (κ3) is 3.87. The first-order valence-electron chi connectivity index (χ1n) is 4.46. The molecule has 78 valence electrons. The van der Waals surface area contributed by atoms with Crippen molar-refractivity contribution in [1.29, 1.82) is 0 Å². The van der Waals surface area contributed by atoms with Crippen molar-refractivity contribution in [2.75, 3.05) is 0 Å². The lowest BCUT2D eigenvalue weighted by Gasteiger charge is -2.20. The van der Waals surface area contributed by atoms with Crippen LogP contribution in [-0.4, -0.2) is 5.60 Å². The van der Waals surface area contributed by atoms with Crippen LogP contribution in [0.1, 0.15) is 26.3 Å². The maximum atomic E-state index is 5.99. The number of benzene rings is 1. The smallest absolute Gasteiger partial charge is 0.0739 e. The van der Waals surface area contributed by atoms with E-state index in [0.29, 0.717) is 16.7 Å². The Bertz CT molecular complexity index is 316. The Kier molecular flexibility index (Phi) is 3.82. The first-order chi connectivity index (χ1) is 6.38. The minimum Gasteiger partial charge on any atom is -0.371 e. The van der Waals surface area contributed by atoms with Crippen molar-refractivity contribution in [1.82, 2.24) is 0 Å². The second-order valence-electron chi connectivity index (χ2n) is 4.14. The lowest BCUT2D eigenvalue weighted by Crippen LogP contribution is -2.18. The van der Waals surface area contributed by atoms with Gasteiger partial charge in [-0.25, -0.2) is 0 Å². The van der Waals surface area contributed by atoms with Gasteiger partial charge in [-0.2, -0.15) is 0 Å². The highest BCUT2D eigenvalue weighted by molar-refractivity contribution is 6.33. The van der Waals surface area contributed by atoms with Gasteiger partial charge in [0.15, 0.2) is 0 Å². The lowest BCUT2D eigenvalue weighted by atomic mass is 10.2. The van der Waals surface area contributed by atoms with Crippen LogP contribution < -0.4 is 0 Å². The van der Waals surface area contributed by atoms with E-state index in [9.17, 15) is 0 Å². The summed E-state index contributed by atoms with van der Waals surface area (Å²) >= 11 is 11.8. The topological polar surface area (TPSA) is 9.23 Å². The van der Waals surface area contributed by atoms with E-state index in [0.717, 1.165) is 5.56 Å². The van der Waals surface area contributed by atoms with Crippen LogP contribution in [0, 0.1) is 0 Å². The Balaban J connectivity index is 2.72. The highest BCUT2D eigenvalue weighted by Crippen LogP contribution is 2.22. The summed E-state index contributed by atoms with van der Waals surface area (Å²) in [7, 11) is 0. The molecule has 1 aromatic rings. The molecule has 0 unspecified atom stereocenters. The molecule has 0 N–H and O–H groups in total. The third-order valence-electron chi connectivity index (χ3n) is 1.67. The van der Waals surface area contributed by atoms with Gasteiger partial charge in [0, 0.05) is 10.0 Å². The maximum Gasteiger partial charge on any atom is 0.0739 e. The molecule has 0 fully saturated rings. The zero-order chi connectivity index (χ0) is 10.8. The van der Waals surface area contributed by atoms with Crippen molar-refractivity contribution in [2.24, 2.45) is 0 Å². The van der Waals surface area contributed by atoms with E-state index < -0.39 is 0 Å². The molecule has 0 atom stereocenters. The van der Waals surface area contributed by atoms with Gasteiger partial charge in [-0.1, -0.05) is 23.2 Å². The summed E-state index contributed by atoms with van der Waals surface area (Å²) in [6, 6.07) is 5.38. The van der Waals surface area contributed by atoms with Gasteiger partial charge in [-0.15, -0.1) is 0 Å². The largest absolute Gasteiger partial charge is 0.371 e. The van der Waals surface area contributed by atoms with Crippen LogP contribution >= 0.6 is 23.2 Å². The SMILES string of the molecule is CC(C)(C)OCc1cc(Cl)ccc1Cl. The second kappa shape index (κ2) is 4.52. The molecule has 1 rings (SSSR count). The number of halogens is 2. The summed E-state index contributed by atoms with van der Waals surface area (Å²) < 4.78 is 5.61. The molecule has 3 heteroatoms. The number of ether oxygens (including phenoxy) is 1. The van der Waals surface area contributed by atoms with Crippen LogP contribution in [0.15, 0.2) is 18.2 Å². The monoisotopic (exact) mass is 232 g/mol. The van der Waals surface area contributed by atoms with Gasteiger partial charge in [0.2, 0.25) is 0 Å². The van der Waals surface area contributed by atoms with Crippen molar-refractivity contribution in [3.63, 3.8) is 0 Å². The fraction of sp³-hybridized carbons (Fsp3) is 0.455. The Morgan fingerprint density at radius 3 is 2.43 bits per heavy atom. The molecular weight excluding hydrogens is 219 g/mol. The third-order valence-corrected chi connectivity index (χ3v) is 2.27. The number of hydrogen-bond donors (Lipinski definition) is 0. The van der Waals surface area contributed by atoms with Gasteiger partial charge in [0.25, 0.3) is 0 Å². The van der Waals surface area contributed by atoms with E-state index in [2.05, 4.69) is 0 Å². The maximum absolute atomic E-state index is 5.99. The molecule has 0 amide bonds. The van der Waals surface area contributed by atoms with Gasteiger partial charge in [-0.3, -0.25) is 0 Å². The average molecular weight is 233 g/mol. The number of hydrogen-bond acceptors (Lipinski definition) is 1. The Morgan fingerprint density at radius 2 is 1.86 bits per heavy atom. The Morgan fingerprint density at radius 1 is 1.21 bits per heavy atom. The molecule has 1 aromatic carbocycles. The average Bonchev–Trinajstić information content (AvgIpc) is 2.05. The molecule has 0 aliphatic heterocycles. The molecule has 14 heavy (non-hydrogen) atoms. The minimum absolute atomic E-state index is 0.161. The fourth-order valence-corrected chi connectivity index (χ4v) is 1.31. The fourth-order valence-electron chi connectivity index (χ4n) is 0.948. The molecule has 0 spiro atoms. The van der Waals surface area contributed by atoms with Crippen molar-refractivity contribution < 1.29 is 4.74 Å². The summed E-state index contributed by atoms with van der Waals surface area (Å²) in [6.45, 7) is 6.51. The Labute approximate surface area is 95.0 Å². The standard InChI is InChI=1S/C11H14Cl2O/c1-11(2,3)14-7-8-6-9(12)4-5-10(8)13/h4-6H,7H2,1-3H3. The highest BCUT2D eigenvalue weighted by atomic mass is 35.5. The molecule has 0 radical (unpaired) electrons. The van der Waals surface area contributed by atoms with E-state index in [4.69, 9.17) is 27.9 Å². The predicted octanol–water partition coefficient (Wildman–Crippen LogP) is 4.31. The van der Waals surface area contributed by atoms with Crippen LogP contribution in [0.4, 0.5) is 0 Å². The molecule has 0 heterocycles. The van der Waals surface area contributed by atoms with E-state index >= 15 is 0 Å². The molecule has 0 aliphatic carbocycles. The normalized spacial score (nSPS) is 11.8. The van der Waals surface area contributed by atoms with E-state index in [1.807, 2.05) is 26.8 Å². The van der Waals surface area contributed by atoms with E-state index in [-0.39, 0.29) is 5.60 Å². The minimum atomic E-state index is -0.161. The summed E-state index contributed by atoms with van der Waals surface area (Å²) in [4.78, 5) is 0. The first kappa shape index (κ1) is 11.8.